The average Bonchev–Trinajstić information content (AvgIpc) is 3.63. The van der Waals surface area contributed by atoms with Gasteiger partial charge < -0.3 is 19.9 Å². The van der Waals surface area contributed by atoms with E-state index < -0.39 is 6.09 Å². The Kier molecular flexibility index (Phi) is 10.9. The minimum atomic E-state index is -0.455. The summed E-state index contributed by atoms with van der Waals surface area (Å²) < 4.78 is 11.2. The van der Waals surface area contributed by atoms with Crippen LogP contribution in [0.1, 0.15) is 107 Å². The summed E-state index contributed by atoms with van der Waals surface area (Å²) in [5.41, 5.74) is 3.89. The average molecular weight is 689 g/mol. The zero-order valence-corrected chi connectivity index (χ0v) is 30.3. The number of aromatic nitrogens is 2. The number of nitrogens with one attached hydrogen (secondary N) is 1. The SMILES string of the molecule is COc1ccc(C23CCC(CN(c4cc(-c5cnc(C(C)C)s5)ccn4)C(=O)[C@H]4CC[C@H](OC(=O)NCCCO)CC4)(CC2)CC3)cc1C. The van der Waals surface area contributed by atoms with Gasteiger partial charge in [-0.15, -0.1) is 11.3 Å². The van der Waals surface area contributed by atoms with Gasteiger partial charge in [0.2, 0.25) is 5.91 Å². The normalized spacial score (nSPS) is 24.9. The number of carbonyl (C=O) groups is 2. The van der Waals surface area contributed by atoms with Crippen molar-refractivity contribution >= 4 is 29.2 Å². The molecule has 2 aromatic heterocycles. The molecule has 0 unspecified atom stereocenters. The highest BCUT2D eigenvalue weighted by Gasteiger charge is 2.51. The Morgan fingerprint density at radius 2 is 1.78 bits per heavy atom. The highest BCUT2D eigenvalue weighted by Crippen LogP contribution is 2.58. The second-order valence-corrected chi connectivity index (χ2v) is 16.0. The largest absolute Gasteiger partial charge is 0.496 e. The molecule has 9 nitrogen and oxygen atoms in total. The number of aliphatic hydroxyl groups excluding tert-OH is 1. The number of pyridine rings is 1. The lowest BCUT2D eigenvalue weighted by atomic mass is 9.51. The van der Waals surface area contributed by atoms with Crippen LogP contribution in [0.4, 0.5) is 10.6 Å². The molecule has 49 heavy (non-hydrogen) atoms. The predicted octanol–water partition coefficient (Wildman–Crippen LogP) is 7.94. The first-order valence-electron chi connectivity index (χ1n) is 18.1. The molecule has 0 saturated heterocycles. The molecule has 0 radical (unpaired) electrons. The lowest BCUT2D eigenvalue weighted by Gasteiger charge is -2.55. The third-order valence-electron chi connectivity index (χ3n) is 11.4. The minimum absolute atomic E-state index is 0.0233. The van der Waals surface area contributed by atoms with Gasteiger partial charge in [0, 0.05) is 43.9 Å². The van der Waals surface area contributed by atoms with Gasteiger partial charge in [0.25, 0.3) is 0 Å². The van der Waals surface area contributed by atoms with Crippen molar-refractivity contribution in [1.82, 2.24) is 15.3 Å². The lowest BCUT2D eigenvalue weighted by molar-refractivity contribution is -0.124. The second-order valence-electron chi connectivity index (χ2n) is 14.9. The molecule has 2 amide bonds. The third kappa shape index (κ3) is 7.80. The van der Waals surface area contributed by atoms with Crippen molar-refractivity contribution in [3.8, 4) is 16.2 Å². The summed E-state index contributed by atoms with van der Waals surface area (Å²) in [6.45, 7) is 7.51. The molecule has 3 aromatic rings. The number of hydrogen-bond donors (Lipinski definition) is 2. The fourth-order valence-electron chi connectivity index (χ4n) is 8.27. The molecule has 2 heterocycles. The quantitative estimate of drug-likeness (QED) is 0.186. The van der Waals surface area contributed by atoms with Gasteiger partial charge in [-0.05, 0) is 123 Å². The molecule has 0 spiro atoms. The molecule has 7 rings (SSSR count). The van der Waals surface area contributed by atoms with Gasteiger partial charge >= 0.3 is 6.09 Å². The molecule has 4 aliphatic carbocycles. The molecule has 0 atom stereocenters. The van der Waals surface area contributed by atoms with Gasteiger partial charge in [-0.25, -0.2) is 14.8 Å². The van der Waals surface area contributed by atoms with E-state index in [-0.39, 0.29) is 35.4 Å². The Balaban J connectivity index is 1.20. The number of fused-ring (bicyclic) bond motifs is 3. The first-order chi connectivity index (χ1) is 23.6. The Morgan fingerprint density at radius 1 is 1.04 bits per heavy atom. The predicted molar refractivity (Wildman–Crippen MR) is 193 cm³/mol. The van der Waals surface area contributed by atoms with Crippen LogP contribution in [0, 0.1) is 18.3 Å². The molecule has 2 N–H and O–H groups in total. The van der Waals surface area contributed by atoms with Crippen molar-refractivity contribution in [2.24, 2.45) is 11.3 Å². The number of ether oxygens (including phenoxy) is 2. The number of alkyl carbamates (subject to hydrolysis) is 1. The summed E-state index contributed by atoms with van der Waals surface area (Å²) in [7, 11) is 1.73. The van der Waals surface area contributed by atoms with Crippen molar-refractivity contribution < 1.29 is 24.2 Å². The van der Waals surface area contributed by atoms with E-state index in [4.69, 9.17) is 19.6 Å². The van der Waals surface area contributed by atoms with Crippen LogP contribution in [-0.2, 0) is 14.9 Å². The maximum absolute atomic E-state index is 14.6. The molecule has 1 aromatic carbocycles. The summed E-state index contributed by atoms with van der Waals surface area (Å²) in [6, 6.07) is 10.8. The van der Waals surface area contributed by atoms with Crippen molar-refractivity contribution in [2.75, 3.05) is 31.7 Å². The number of aliphatic hydroxyl groups is 1. The molecule has 2 bridgehead atoms. The van der Waals surface area contributed by atoms with Crippen LogP contribution in [0.5, 0.6) is 5.75 Å². The number of hydrogen-bond acceptors (Lipinski definition) is 8. The van der Waals surface area contributed by atoms with E-state index in [1.54, 1.807) is 18.4 Å². The Hall–Kier alpha value is -3.50. The summed E-state index contributed by atoms with van der Waals surface area (Å²) >= 11 is 1.70. The number of nitrogens with zero attached hydrogens (tertiary/aromatic N) is 3. The maximum Gasteiger partial charge on any atom is 0.407 e. The van der Waals surface area contributed by atoms with Gasteiger partial charge in [-0.2, -0.15) is 0 Å². The minimum Gasteiger partial charge on any atom is -0.496 e. The summed E-state index contributed by atoms with van der Waals surface area (Å²) in [6.07, 6.45) is 12.9. The van der Waals surface area contributed by atoms with E-state index >= 15 is 0 Å². The number of amides is 2. The van der Waals surface area contributed by atoms with E-state index in [1.165, 1.54) is 11.1 Å². The fraction of sp³-hybridized carbons (Fsp3) is 0.590. The molecule has 4 aliphatic rings. The zero-order chi connectivity index (χ0) is 34.6. The van der Waals surface area contributed by atoms with Gasteiger partial charge in [0.1, 0.15) is 17.7 Å². The van der Waals surface area contributed by atoms with Crippen molar-refractivity contribution in [3.63, 3.8) is 0 Å². The number of benzene rings is 1. The first-order valence-corrected chi connectivity index (χ1v) is 18.9. The van der Waals surface area contributed by atoms with E-state index in [2.05, 4.69) is 55.3 Å². The van der Waals surface area contributed by atoms with Crippen LogP contribution in [0.25, 0.3) is 10.4 Å². The monoisotopic (exact) mass is 688 g/mol. The highest BCUT2D eigenvalue weighted by molar-refractivity contribution is 7.15. The van der Waals surface area contributed by atoms with Crippen LogP contribution in [0.15, 0.2) is 42.7 Å². The van der Waals surface area contributed by atoms with Gasteiger partial charge in [-0.3, -0.25) is 9.69 Å². The van der Waals surface area contributed by atoms with Crippen molar-refractivity contribution in [1.29, 1.82) is 0 Å². The van der Waals surface area contributed by atoms with Crippen LogP contribution < -0.4 is 15.0 Å². The third-order valence-corrected chi connectivity index (χ3v) is 12.7. The standard InChI is InChI=1S/C39H52N4O5S/c1-26(2)35-42-24-33(49-35)29-12-20-40-34(23-29)43(36(45)28-6-9-31(10-7-28)48-37(46)41-19-5-21-44)25-38-13-16-39(17-14-38,18-15-38)30-8-11-32(47-4)27(3)22-30/h8,11-12,20,22-24,26,28,31,44H,5-7,9-10,13-19,21,25H2,1-4H3,(H,41,46)/t28-,31-,38?,39?. The van der Waals surface area contributed by atoms with E-state index in [9.17, 15) is 9.59 Å². The van der Waals surface area contributed by atoms with Gasteiger partial charge in [0.05, 0.1) is 17.0 Å². The van der Waals surface area contributed by atoms with Crippen LogP contribution in [-0.4, -0.2) is 60.0 Å². The van der Waals surface area contributed by atoms with Crippen LogP contribution >= 0.6 is 11.3 Å². The van der Waals surface area contributed by atoms with Crippen molar-refractivity contribution in [3.05, 3.63) is 58.9 Å². The second kappa shape index (κ2) is 15.2. The number of methoxy groups -OCH3 is 1. The van der Waals surface area contributed by atoms with Crippen LogP contribution in [0.2, 0.25) is 0 Å². The summed E-state index contributed by atoms with van der Waals surface area (Å²) in [4.78, 5) is 39.4. The van der Waals surface area contributed by atoms with Gasteiger partial charge in [0.15, 0.2) is 0 Å². The maximum atomic E-state index is 14.6. The number of anilines is 1. The topological polar surface area (TPSA) is 114 Å². The summed E-state index contributed by atoms with van der Waals surface area (Å²) in [5.74, 6) is 1.99. The van der Waals surface area contributed by atoms with E-state index in [1.807, 2.05) is 23.4 Å². The number of aryl methyl sites for hydroxylation is 1. The smallest absolute Gasteiger partial charge is 0.407 e. The number of carbonyl (C=O) groups excluding carboxylic acids is 2. The number of rotatable bonds is 12. The first kappa shape index (κ1) is 35.3. The Morgan fingerprint density at radius 3 is 2.41 bits per heavy atom. The van der Waals surface area contributed by atoms with E-state index in [0.29, 0.717) is 56.9 Å². The number of thiazole rings is 1. The molecular weight excluding hydrogens is 637 g/mol. The molecule has 264 valence electrons. The Labute approximate surface area is 294 Å². The van der Waals surface area contributed by atoms with E-state index in [0.717, 1.165) is 59.7 Å². The molecule has 4 fully saturated rings. The van der Waals surface area contributed by atoms with Crippen molar-refractivity contribution in [2.45, 2.75) is 109 Å². The van der Waals surface area contributed by atoms with Gasteiger partial charge in [-0.1, -0.05) is 26.0 Å². The molecular formula is C39H52N4O5S. The summed E-state index contributed by atoms with van der Waals surface area (Å²) in [5, 5.41) is 12.8. The molecule has 4 saturated carbocycles. The van der Waals surface area contributed by atoms with Crippen LogP contribution in [0.3, 0.4) is 0 Å². The highest BCUT2D eigenvalue weighted by atomic mass is 32.1. The molecule has 0 aliphatic heterocycles. The fourth-order valence-corrected chi connectivity index (χ4v) is 9.18. The zero-order valence-electron chi connectivity index (χ0n) is 29.5. The Bertz CT molecular complexity index is 1590. The lowest BCUT2D eigenvalue weighted by Crippen LogP contribution is -2.52. The molecule has 10 heteroatoms.